The van der Waals surface area contributed by atoms with Crippen molar-refractivity contribution in [2.24, 2.45) is 0 Å². The van der Waals surface area contributed by atoms with Crippen LogP contribution in [-0.2, 0) is 0 Å². The zero-order valence-corrected chi connectivity index (χ0v) is 12.2. The van der Waals surface area contributed by atoms with Gasteiger partial charge in [-0.05, 0) is 54.3 Å². The number of benzene rings is 2. The van der Waals surface area contributed by atoms with E-state index in [0.717, 1.165) is 30.6 Å². The molecule has 2 aromatic carbocycles. The van der Waals surface area contributed by atoms with E-state index in [2.05, 4.69) is 5.32 Å². The molecule has 0 saturated carbocycles. The molecule has 0 radical (unpaired) electrons. The van der Waals surface area contributed by atoms with Crippen molar-refractivity contribution >= 4 is 11.6 Å². The van der Waals surface area contributed by atoms with Crippen LogP contribution < -0.4 is 5.32 Å². The first-order valence-corrected chi connectivity index (χ1v) is 7.44. The molecule has 0 amide bonds. The molecule has 1 saturated heterocycles. The van der Waals surface area contributed by atoms with E-state index in [0.29, 0.717) is 5.02 Å². The van der Waals surface area contributed by atoms with Crippen LogP contribution in [0.15, 0.2) is 42.5 Å². The lowest BCUT2D eigenvalue weighted by Gasteiger charge is -2.33. The highest BCUT2D eigenvalue weighted by Gasteiger charge is 2.29. The van der Waals surface area contributed by atoms with Gasteiger partial charge in [-0.25, -0.2) is 8.78 Å². The van der Waals surface area contributed by atoms with Crippen LogP contribution in [-0.4, -0.2) is 13.1 Å². The Morgan fingerprint density at radius 2 is 1.81 bits per heavy atom. The first kappa shape index (κ1) is 14.5. The molecule has 0 bridgehead atoms. The van der Waals surface area contributed by atoms with Crippen molar-refractivity contribution in [3.05, 3.63) is 70.2 Å². The van der Waals surface area contributed by atoms with Crippen LogP contribution in [0.3, 0.4) is 0 Å². The molecule has 0 aromatic heterocycles. The highest BCUT2D eigenvalue weighted by molar-refractivity contribution is 6.31. The van der Waals surface area contributed by atoms with Crippen molar-refractivity contribution in [3.8, 4) is 0 Å². The first-order chi connectivity index (χ1) is 10.1. The number of nitrogens with one attached hydrogen (secondary N) is 1. The summed E-state index contributed by atoms with van der Waals surface area (Å²) >= 11 is 6.21. The molecule has 1 aliphatic rings. The molecule has 4 heteroatoms. The number of hydrogen-bond donors (Lipinski definition) is 1. The maximum Gasteiger partial charge on any atom is 0.124 e. The maximum absolute atomic E-state index is 13.5. The van der Waals surface area contributed by atoms with Crippen LogP contribution in [0.4, 0.5) is 8.78 Å². The average molecular weight is 308 g/mol. The van der Waals surface area contributed by atoms with Crippen LogP contribution >= 0.6 is 11.6 Å². The van der Waals surface area contributed by atoms with E-state index in [1.54, 1.807) is 18.2 Å². The number of halogens is 3. The van der Waals surface area contributed by atoms with Gasteiger partial charge in [-0.15, -0.1) is 0 Å². The smallest absolute Gasteiger partial charge is 0.124 e. The molecule has 2 aromatic rings. The van der Waals surface area contributed by atoms with Gasteiger partial charge in [0.1, 0.15) is 11.6 Å². The van der Waals surface area contributed by atoms with Crippen molar-refractivity contribution in [3.63, 3.8) is 0 Å². The third kappa shape index (κ3) is 3.09. The molecule has 2 atom stereocenters. The number of rotatable bonds is 2. The van der Waals surface area contributed by atoms with Gasteiger partial charge in [0.15, 0.2) is 0 Å². The molecule has 1 heterocycles. The highest BCUT2D eigenvalue weighted by atomic mass is 35.5. The van der Waals surface area contributed by atoms with Gasteiger partial charge < -0.3 is 5.32 Å². The summed E-state index contributed by atoms with van der Waals surface area (Å²) in [5.41, 5.74) is 1.89. The predicted octanol–water partition coefficient (Wildman–Crippen LogP) is 4.48. The Morgan fingerprint density at radius 3 is 2.57 bits per heavy atom. The second-order valence-corrected chi connectivity index (χ2v) is 5.83. The summed E-state index contributed by atoms with van der Waals surface area (Å²) in [5, 5.41) is 3.79. The standard InChI is InChI=1S/C17H16ClF2N/c18-17-9-13(20)4-5-15(17)14-6-7-21-10-16(14)11-2-1-3-12(19)8-11/h1-5,8-9,14,16,21H,6-7,10H2. The Balaban J connectivity index is 1.98. The largest absolute Gasteiger partial charge is 0.316 e. The van der Waals surface area contributed by atoms with Gasteiger partial charge in [0.25, 0.3) is 0 Å². The van der Waals surface area contributed by atoms with E-state index in [4.69, 9.17) is 11.6 Å². The second kappa shape index (κ2) is 6.12. The van der Waals surface area contributed by atoms with Gasteiger partial charge in [-0.3, -0.25) is 0 Å². The van der Waals surface area contributed by atoms with Crippen molar-refractivity contribution in [1.82, 2.24) is 5.32 Å². The number of piperidine rings is 1. The molecule has 1 N–H and O–H groups in total. The van der Waals surface area contributed by atoms with Gasteiger partial charge in [0, 0.05) is 17.5 Å². The Hall–Kier alpha value is -1.45. The van der Waals surface area contributed by atoms with Crippen molar-refractivity contribution in [1.29, 1.82) is 0 Å². The second-order valence-electron chi connectivity index (χ2n) is 5.43. The minimum Gasteiger partial charge on any atom is -0.316 e. The third-order valence-electron chi connectivity index (χ3n) is 4.12. The van der Waals surface area contributed by atoms with Crippen LogP contribution in [0.5, 0.6) is 0 Å². The first-order valence-electron chi connectivity index (χ1n) is 7.06. The topological polar surface area (TPSA) is 12.0 Å². The molecular formula is C17H16ClF2N. The minimum absolute atomic E-state index is 0.136. The van der Waals surface area contributed by atoms with E-state index >= 15 is 0 Å². The number of hydrogen-bond acceptors (Lipinski definition) is 1. The molecule has 1 fully saturated rings. The molecule has 1 aliphatic heterocycles. The van der Waals surface area contributed by atoms with Crippen LogP contribution in [0.2, 0.25) is 5.02 Å². The zero-order chi connectivity index (χ0) is 14.8. The minimum atomic E-state index is -0.333. The monoisotopic (exact) mass is 307 g/mol. The summed E-state index contributed by atoms with van der Waals surface area (Å²) in [6, 6.07) is 11.2. The Morgan fingerprint density at radius 1 is 1.00 bits per heavy atom. The van der Waals surface area contributed by atoms with Gasteiger partial charge in [-0.1, -0.05) is 29.8 Å². The predicted molar refractivity (Wildman–Crippen MR) is 80.8 cm³/mol. The summed E-state index contributed by atoms with van der Waals surface area (Å²) in [6.07, 6.45) is 0.895. The van der Waals surface area contributed by atoms with E-state index in [9.17, 15) is 8.78 Å². The van der Waals surface area contributed by atoms with Crippen molar-refractivity contribution in [2.45, 2.75) is 18.3 Å². The maximum atomic E-state index is 13.5. The fourth-order valence-electron chi connectivity index (χ4n) is 3.12. The average Bonchev–Trinajstić information content (AvgIpc) is 2.47. The summed E-state index contributed by atoms with van der Waals surface area (Å²) in [4.78, 5) is 0. The third-order valence-corrected chi connectivity index (χ3v) is 4.45. The quantitative estimate of drug-likeness (QED) is 0.862. The van der Waals surface area contributed by atoms with Gasteiger partial charge >= 0.3 is 0 Å². The van der Waals surface area contributed by atoms with Gasteiger partial charge in [-0.2, -0.15) is 0 Å². The Kier molecular flexibility index (Phi) is 4.22. The van der Waals surface area contributed by atoms with E-state index < -0.39 is 0 Å². The molecule has 0 spiro atoms. The normalized spacial score (nSPS) is 22.2. The molecule has 1 nitrogen and oxygen atoms in total. The summed E-state index contributed by atoms with van der Waals surface area (Å²) in [6.45, 7) is 1.64. The molecular weight excluding hydrogens is 292 g/mol. The lowest BCUT2D eigenvalue weighted by Crippen LogP contribution is -2.34. The summed E-state index contributed by atoms with van der Waals surface area (Å²) in [5.74, 6) is -0.263. The lowest BCUT2D eigenvalue weighted by atomic mass is 9.77. The fraction of sp³-hybridized carbons (Fsp3) is 0.294. The van der Waals surface area contributed by atoms with E-state index in [1.165, 1.54) is 18.2 Å². The van der Waals surface area contributed by atoms with Crippen molar-refractivity contribution < 1.29 is 8.78 Å². The lowest BCUT2D eigenvalue weighted by molar-refractivity contribution is 0.403. The molecule has 21 heavy (non-hydrogen) atoms. The van der Waals surface area contributed by atoms with Crippen LogP contribution in [0.25, 0.3) is 0 Å². The molecule has 0 aliphatic carbocycles. The highest BCUT2D eigenvalue weighted by Crippen LogP contribution is 2.40. The van der Waals surface area contributed by atoms with Crippen LogP contribution in [0, 0.1) is 11.6 Å². The van der Waals surface area contributed by atoms with Gasteiger partial charge in [0.05, 0.1) is 0 Å². The molecule has 110 valence electrons. The summed E-state index contributed by atoms with van der Waals surface area (Å²) < 4.78 is 26.7. The summed E-state index contributed by atoms with van der Waals surface area (Å²) in [7, 11) is 0. The van der Waals surface area contributed by atoms with E-state index in [-0.39, 0.29) is 23.5 Å². The van der Waals surface area contributed by atoms with E-state index in [1.807, 2.05) is 6.07 Å². The Bertz CT molecular complexity index is 644. The van der Waals surface area contributed by atoms with Crippen molar-refractivity contribution in [2.75, 3.05) is 13.1 Å². The Labute approximate surface area is 127 Å². The SMILES string of the molecule is Fc1cccc(C2CNCCC2c2ccc(F)cc2Cl)c1. The molecule has 2 unspecified atom stereocenters. The molecule has 3 rings (SSSR count). The fourth-order valence-corrected chi connectivity index (χ4v) is 3.43. The zero-order valence-electron chi connectivity index (χ0n) is 11.5. The van der Waals surface area contributed by atoms with Crippen LogP contribution in [0.1, 0.15) is 29.4 Å². The van der Waals surface area contributed by atoms with Gasteiger partial charge in [0.2, 0.25) is 0 Å².